The number of carbonyl (C=O) groups excluding carboxylic acids is 1. The molecule has 0 aliphatic heterocycles. The average molecular weight is 257 g/mol. The van der Waals surface area contributed by atoms with Crippen molar-refractivity contribution in [2.24, 2.45) is 0 Å². The highest BCUT2D eigenvalue weighted by molar-refractivity contribution is 5.93. The molecule has 0 amide bonds. The predicted molar refractivity (Wildman–Crippen MR) is 73.3 cm³/mol. The van der Waals surface area contributed by atoms with Gasteiger partial charge in [-0.15, -0.1) is 0 Å². The normalized spacial score (nSPS) is 16.1. The quantitative estimate of drug-likeness (QED) is 0.790. The standard InChI is InChI=1S/C15H19N3O/c1-12(19)13-6-8-17(10-13)11-14-7-9-18(16-14)15-4-2-3-5-15/h6-10,15H,2-5,11H2,1H3. The van der Waals surface area contributed by atoms with Crippen LogP contribution in [0.2, 0.25) is 0 Å². The molecule has 19 heavy (non-hydrogen) atoms. The minimum atomic E-state index is 0.107. The third kappa shape index (κ3) is 2.62. The van der Waals surface area contributed by atoms with E-state index in [1.165, 1.54) is 25.7 Å². The SMILES string of the molecule is CC(=O)c1ccn(Cc2ccn(C3CCCC3)n2)c1. The third-order valence-corrected chi connectivity index (χ3v) is 3.86. The lowest BCUT2D eigenvalue weighted by Crippen LogP contribution is -2.06. The molecule has 4 heteroatoms. The van der Waals surface area contributed by atoms with Crippen molar-refractivity contribution in [1.29, 1.82) is 0 Å². The first-order valence-corrected chi connectivity index (χ1v) is 6.93. The van der Waals surface area contributed by atoms with E-state index < -0.39 is 0 Å². The summed E-state index contributed by atoms with van der Waals surface area (Å²) >= 11 is 0. The summed E-state index contributed by atoms with van der Waals surface area (Å²) < 4.78 is 4.12. The maximum atomic E-state index is 11.3. The van der Waals surface area contributed by atoms with Gasteiger partial charge >= 0.3 is 0 Å². The Kier molecular flexibility index (Phi) is 3.23. The van der Waals surface area contributed by atoms with Crippen LogP contribution >= 0.6 is 0 Å². The number of rotatable bonds is 4. The molecule has 100 valence electrons. The van der Waals surface area contributed by atoms with Crippen molar-refractivity contribution < 1.29 is 4.79 Å². The first-order chi connectivity index (χ1) is 9.22. The second kappa shape index (κ2) is 5.03. The smallest absolute Gasteiger partial charge is 0.161 e. The number of carbonyl (C=O) groups is 1. The van der Waals surface area contributed by atoms with E-state index in [1.54, 1.807) is 6.92 Å². The van der Waals surface area contributed by atoms with Gasteiger partial charge in [-0.05, 0) is 31.9 Å². The van der Waals surface area contributed by atoms with E-state index in [0.717, 1.165) is 17.8 Å². The highest BCUT2D eigenvalue weighted by Gasteiger charge is 2.17. The maximum Gasteiger partial charge on any atom is 0.161 e. The van der Waals surface area contributed by atoms with Gasteiger partial charge in [-0.1, -0.05) is 12.8 Å². The molecule has 0 radical (unpaired) electrons. The van der Waals surface area contributed by atoms with Gasteiger partial charge in [0, 0.05) is 24.2 Å². The van der Waals surface area contributed by atoms with E-state index >= 15 is 0 Å². The largest absolute Gasteiger partial charge is 0.348 e. The lowest BCUT2D eigenvalue weighted by atomic mass is 10.2. The van der Waals surface area contributed by atoms with Crippen LogP contribution < -0.4 is 0 Å². The van der Waals surface area contributed by atoms with Crippen LogP contribution in [0.3, 0.4) is 0 Å². The summed E-state index contributed by atoms with van der Waals surface area (Å²) in [6.07, 6.45) is 11.0. The van der Waals surface area contributed by atoms with Crippen LogP contribution in [0.15, 0.2) is 30.7 Å². The summed E-state index contributed by atoms with van der Waals surface area (Å²) in [4.78, 5) is 11.3. The molecule has 2 aromatic heterocycles. The first-order valence-electron chi connectivity index (χ1n) is 6.93. The fourth-order valence-corrected chi connectivity index (χ4v) is 2.77. The fraction of sp³-hybridized carbons (Fsp3) is 0.467. The van der Waals surface area contributed by atoms with Gasteiger partial charge in [-0.3, -0.25) is 9.48 Å². The molecule has 2 heterocycles. The molecule has 1 aliphatic rings. The van der Waals surface area contributed by atoms with Crippen LogP contribution in [0.5, 0.6) is 0 Å². The predicted octanol–water partition coefficient (Wildman–Crippen LogP) is 3.05. The number of nitrogens with zero attached hydrogens (tertiary/aromatic N) is 3. The topological polar surface area (TPSA) is 39.8 Å². The Morgan fingerprint density at radius 2 is 2.11 bits per heavy atom. The Balaban J connectivity index is 1.70. The third-order valence-electron chi connectivity index (χ3n) is 3.86. The Bertz CT molecular complexity index is 576. The van der Waals surface area contributed by atoms with E-state index in [-0.39, 0.29) is 5.78 Å². The van der Waals surface area contributed by atoms with Crippen LogP contribution in [0.25, 0.3) is 0 Å². The molecule has 4 nitrogen and oxygen atoms in total. The number of hydrogen-bond donors (Lipinski definition) is 0. The van der Waals surface area contributed by atoms with Gasteiger partial charge in [-0.25, -0.2) is 0 Å². The number of Topliss-reactive ketones (excluding diaryl/α,β-unsaturated/α-hetero) is 1. The van der Waals surface area contributed by atoms with Crippen molar-refractivity contribution in [2.45, 2.75) is 45.2 Å². The summed E-state index contributed by atoms with van der Waals surface area (Å²) in [5.41, 5.74) is 1.81. The highest BCUT2D eigenvalue weighted by atomic mass is 16.1. The van der Waals surface area contributed by atoms with E-state index in [0.29, 0.717) is 6.04 Å². The monoisotopic (exact) mass is 257 g/mol. The molecule has 0 saturated heterocycles. The molecule has 3 rings (SSSR count). The minimum absolute atomic E-state index is 0.107. The molecular formula is C15H19N3O. The lowest BCUT2D eigenvalue weighted by Gasteiger charge is -2.08. The van der Waals surface area contributed by atoms with E-state index in [9.17, 15) is 4.79 Å². The molecule has 2 aromatic rings. The van der Waals surface area contributed by atoms with Crippen LogP contribution in [-0.2, 0) is 6.54 Å². The second-order valence-corrected chi connectivity index (χ2v) is 5.35. The Morgan fingerprint density at radius 3 is 2.79 bits per heavy atom. The molecule has 1 saturated carbocycles. The van der Waals surface area contributed by atoms with Crippen molar-refractivity contribution in [3.8, 4) is 0 Å². The molecule has 1 fully saturated rings. The van der Waals surface area contributed by atoms with E-state index in [1.807, 2.05) is 23.0 Å². The van der Waals surface area contributed by atoms with Crippen molar-refractivity contribution in [1.82, 2.24) is 14.3 Å². The maximum absolute atomic E-state index is 11.3. The molecule has 0 bridgehead atoms. The van der Waals surface area contributed by atoms with Crippen molar-refractivity contribution in [3.63, 3.8) is 0 Å². The van der Waals surface area contributed by atoms with Gasteiger partial charge in [0.1, 0.15) is 0 Å². The molecule has 0 unspecified atom stereocenters. The zero-order chi connectivity index (χ0) is 13.2. The first kappa shape index (κ1) is 12.2. The summed E-state index contributed by atoms with van der Waals surface area (Å²) in [6.45, 7) is 2.32. The van der Waals surface area contributed by atoms with E-state index in [4.69, 9.17) is 0 Å². The fourth-order valence-electron chi connectivity index (χ4n) is 2.77. The molecule has 0 N–H and O–H groups in total. The van der Waals surface area contributed by atoms with Crippen LogP contribution in [0, 0.1) is 0 Å². The van der Waals surface area contributed by atoms with E-state index in [2.05, 4.69) is 22.0 Å². The summed E-state index contributed by atoms with van der Waals surface area (Å²) in [5, 5.41) is 4.65. The molecular weight excluding hydrogens is 238 g/mol. The number of aromatic nitrogens is 3. The minimum Gasteiger partial charge on any atom is -0.348 e. The van der Waals surface area contributed by atoms with Crippen LogP contribution in [0.1, 0.15) is 54.7 Å². The van der Waals surface area contributed by atoms with Gasteiger partial charge in [-0.2, -0.15) is 5.10 Å². The lowest BCUT2D eigenvalue weighted by molar-refractivity contribution is 0.101. The number of hydrogen-bond acceptors (Lipinski definition) is 2. The summed E-state index contributed by atoms with van der Waals surface area (Å²) in [5.74, 6) is 0.107. The Labute approximate surface area is 113 Å². The van der Waals surface area contributed by atoms with Gasteiger partial charge in [0.2, 0.25) is 0 Å². The molecule has 0 spiro atoms. The Morgan fingerprint density at radius 1 is 1.32 bits per heavy atom. The average Bonchev–Trinajstić information content (AvgIpc) is 3.09. The summed E-state index contributed by atoms with van der Waals surface area (Å²) in [7, 11) is 0. The van der Waals surface area contributed by atoms with Gasteiger partial charge < -0.3 is 4.57 Å². The highest BCUT2D eigenvalue weighted by Crippen LogP contribution is 2.28. The Hall–Kier alpha value is -1.84. The van der Waals surface area contributed by atoms with Crippen molar-refractivity contribution in [2.75, 3.05) is 0 Å². The van der Waals surface area contributed by atoms with Crippen molar-refractivity contribution >= 4 is 5.78 Å². The van der Waals surface area contributed by atoms with Crippen molar-refractivity contribution in [3.05, 3.63) is 42.0 Å². The second-order valence-electron chi connectivity index (χ2n) is 5.35. The van der Waals surface area contributed by atoms with Gasteiger partial charge in [0.05, 0.1) is 18.3 Å². The molecule has 0 atom stereocenters. The van der Waals surface area contributed by atoms with Gasteiger partial charge in [0.25, 0.3) is 0 Å². The molecule has 0 aromatic carbocycles. The summed E-state index contributed by atoms with van der Waals surface area (Å²) in [6, 6.07) is 4.52. The molecule has 1 aliphatic carbocycles. The number of ketones is 1. The van der Waals surface area contributed by atoms with Crippen LogP contribution in [-0.4, -0.2) is 20.1 Å². The van der Waals surface area contributed by atoms with Crippen LogP contribution in [0.4, 0.5) is 0 Å². The zero-order valence-electron chi connectivity index (χ0n) is 11.2. The zero-order valence-corrected chi connectivity index (χ0v) is 11.2. The van der Waals surface area contributed by atoms with Gasteiger partial charge in [0.15, 0.2) is 5.78 Å².